The van der Waals surface area contributed by atoms with Crippen LogP contribution in [0.1, 0.15) is 26.3 Å². The zero-order valence-electron chi connectivity index (χ0n) is 36.0. The van der Waals surface area contributed by atoms with Crippen molar-refractivity contribution in [3.63, 3.8) is 0 Å². The molecule has 0 amide bonds. The third-order valence-electron chi connectivity index (χ3n) is 11.8. The van der Waals surface area contributed by atoms with E-state index in [9.17, 15) is 20.4 Å². The molecule has 2 aromatic heterocycles. The molecule has 0 bridgehead atoms. The Labute approximate surface area is 359 Å². The van der Waals surface area contributed by atoms with E-state index < -0.39 is 53.5 Å². The van der Waals surface area contributed by atoms with Crippen LogP contribution in [0.2, 0.25) is 48.8 Å². The fraction of sp³-hybridized carbons (Fsp3) is 0.581. The van der Waals surface area contributed by atoms with Crippen LogP contribution in [0.4, 0.5) is 0 Å². The van der Waals surface area contributed by atoms with E-state index in [-0.39, 0.29) is 36.6 Å². The van der Waals surface area contributed by atoms with Crippen molar-refractivity contribution < 1.29 is 48.9 Å². The van der Waals surface area contributed by atoms with Gasteiger partial charge in [0.05, 0.1) is 48.3 Å². The standard InChI is InChI=1S/C43H63ClN4O10Si2/c1-43(2,3)60(7,8)58-35-24-56-39-34(23-55-40(35)39)57-42-47-41-31(48(42)25-54-17-18-59(4,5)6)19-30(44)36(46-41)29-15-13-28(14-16-29)27-11-9-26(10-12-27)20-45-21-32(50)37(52)38(53)33(51)22-49/h9-16,19,32-35,37-40,45,49-53H,17-18,20-25H2,1-8H3/t32-,33+,34+,35+,37+,38+,39+,40+/m0/s1. The van der Waals surface area contributed by atoms with Crippen LogP contribution < -0.4 is 10.1 Å². The Hall–Kier alpha value is -2.82. The number of hydrogen-bond donors (Lipinski definition) is 6. The van der Waals surface area contributed by atoms with E-state index in [1.165, 1.54) is 0 Å². The van der Waals surface area contributed by atoms with E-state index in [0.29, 0.717) is 54.3 Å². The second kappa shape index (κ2) is 19.3. The van der Waals surface area contributed by atoms with Crippen LogP contribution in [0.5, 0.6) is 6.01 Å². The van der Waals surface area contributed by atoms with Crippen molar-refractivity contribution in [2.75, 3.05) is 33.0 Å². The highest BCUT2D eigenvalue weighted by atomic mass is 35.5. The minimum absolute atomic E-state index is 0.0254. The quantitative estimate of drug-likeness (QED) is 0.0534. The molecule has 2 aliphatic rings. The first kappa shape index (κ1) is 46.7. The summed E-state index contributed by atoms with van der Waals surface area (Å²) in [5, 5.41) is 52.1. The van der Waals surface area contributed by atoms with Gasteiger partial charge in [0.1, 0.15) is 37.3 Å². The Balaban J connectivity index is 1.15. The van der Waals surface area contributed by atoms with Crippen molar-refractivity contribution in [3.8, 4) is 28.4 Å². The smallest absolute Gasteiger partial charge is 0.301 e. The van der Waals surface area contributed by atoms with Crippen molar-refractivity contribution in [3.05, 3.63) is 65.2 Å². The third-order valence-corrected chi connectivity index (χ3v) is 18.3. The van der Waals surface area contributed by atoms with E-state index in [1.54, 1.807) is 0 Å². The number of pyridine rings is 1. The SMILES string of the molecule is CC(C)(C)[Si](C)(C)O[C@@H]1CO[C@H]2[C@@H]1OC[C@H]2Oc1nc2nc(-c3ccc(-c4ccc(CNC[C@H](O)[C@@H](O)[C@H](O)[C@H](O)CO)cc4)cc3)c(Cl)cc2n1COCC[Si](C)(C)C. The number of aliphatic hydroxyl groups excluding tert-OH is 5. The van der Waals surface area contributed by atoms with Gasteiger partial charge >= 0.3 is 6.01 Å². The van der Waals surface area contributed by atoms with Crippen molar-refractivity contribution in [1.29, 1.82) is 0 Å². The molecule has 17 heteroatoms. The summed E-state index contributed by atoms with van der Waals surface area (Å²) in [6.45, 7) is 19.4. The molecular formula is C43H63ClN4O10Si2. The van der Waals surface area contributed by atoms with Gasteiger partial charge in [0.2, 0.25) is 0 Å². The van der Waals surface area contributed by atoms with Gasteiger partial charge in [-0.1, -0.05) is 101 Å². The van der Waals surface area contributed by atoms with E-state index >= 15 is 0 Å². The van der Waals surface area contributed by atoms with Crippen molar-refractivity contribution in [1.82, 2.24) is 19.9 Å². The average molecular weight is 888 g/mol. The summed E-state index contributed by atoms with van der Waals surface area (Å²) >= 11 is 6.97. The summed E-state index contributed by atoms with van der Waals surface area (Å²) in [4.78, 5) is 9.84. The van der Waals surface area contributed by atoms with Crippen molar-refractivity contribution in [2.24, 2.45) is 0 Å². The highest BCUT2D eigenvalue weighted by molar-refractivity contribution is 6.76. The maximum atomic E-state index is 10.2. The van der Waals surface area contributed by atoms with Gasteiger partial charge in [-0.3, -0.25) is 4.57 Å². The first-order valence-corrected chi connectivity index (χ1v) is 27.7. The number of imidazole rings is 1. The molecule has 4 heterocycles. The van der Waals surface area contributed by atoms with Crippen LogP contribution in [0.3, 0.4) is 0 Å². The van der Waals surface area contributed by atoms with Crippen LogP contribution in [0.25, 0.3) is 33.5 Å². The van der Waals surface area contributed by atoms with E-state index in [4.69, 9.17) is 50.0 Å². The molecule has 14 nitrogen and oxygen atoms in total. The number of rotatable bonds is 19. The fourth-order valence-corrected chi connectivity index (χ4v) is 9.29. The molecule has 2 aliphatic heterocycles. The normalized spacial score (nSPS) is 21.9. The summed E-state index contributed by atoms with van der Waals surface area (Å²) in [6, 6.07) is 19.1. The van der Waals surface area contributed by atoms with Crippen molar-refractivity contribution >= 4 is 39.2 Å². The van der Waals surface area contributed by atoms with Gasteiger partial charge in [-0.25, -0.2) is 4.98 Å². The van der Waals surface area contributed by atoms with Gasteiger partial charge in [-0.05, 0) is 46.9 Å². The second-order valence-electron chi connectivity index (χ2n) is 18.7. The van der Waals surface area contributed by atoms with E-state index in [1.807, 2.05) is 59.2 Å². The van der Waals surface area contributed by atoms with Gasteiger partial charge in [0.15, 0.2) is 20.1 Å². The summed E-state index contributed by atoms with van der Waals surface area (Å²) in [5.41, 5.74) is 5.52. The first-order chi connectivity index (χ1) is 28.3. The lowest BCUT2D eigenvalue weighted by Crippen LogP contribution is -2.48. The van der Waals surface area contributed by atoms with Gasteiger partial charge < -0.3 is 54.2 Å². The third kappa shape index (κ3) is 11.0. The summed E-state index contributed by atoms with van der Waals surface area (Å²) in [5.74, 6) is 0. The maximum absolute atomic E-state index is 10.2. The number of ether oxygens (including phenoxy) is 4. The lowest BCUT2D eigenvalue weighted by molar-refractivity contribution is -0.114. The number of aromatic nitrogens is 3. The number of nitrogens with zero attached hydrogens (tertiary/aromatic N) is 3. The van der Waals surface area contributed by atoms with Gasteiger partial charge in [0.25, 0.3) is 0 Å². The number of fused-ring (bicyclic) bond motifs is 2. The number of nitrogens with one attached hydrogen (secondary N) is 1. The minimum atomic E-state index is -2.05. The maximum Gasteiger partial charge on any atom is 0.301 e. The van der Waals surface area contributed by atoms with Crippen molar-refractivity contribution in [2.45, 2.75) is 127 Å². The first-order valence-electron chi connectivity index (χ1n) is 20.7. The van der Waals surface area contributed by atoms with E-state index in [0.717, 1.165) is 28.3 Å². The molecule has 60 heavy (non-hydrogen) atoms. The van der Waals surface area contributed by atoms with Gasteiger partial charge in [-0.2, -0.15) is 4.98 Å². The molecule has 0 unspecified atom stereocenters. The Morgan fingerprint density at radius 3 is 2.05 bits per heavy atom. The molecule has 4 aromatic rings. The minimum Gasteiger partial charge on any atom is -0.456 e. The molecule has 0 saturated carbocycles. The largest absolute Gasteiger partial charge is 0.456 e. The average Bonchev–Trinajstić information content (AvgIpc) is 3.89. The lowest BCUT2D eigenvalue weighted by Gasteiger charge is -2.39. The van der Waals surface area contributed by atoms with Gasteiger partial charge in [0, 0.05) is 33.3 Å². The van der Waals surface area contributed by atoms with Crippen LogP contribution in [0.15, 0.2) is 54.6 Å². The molecule has 0 spiro atoms. The van der Waals surface area contributed by atoms with Crippen LogP contribution in [0, 0.1) is 0 Å². The number of aliphatic hydroxyl groups is 5. The molecule has 8 atom stereocenters. The summed E-state index contributed by atoms with van der Waals surface area (Å²) < 4.78 is 34.0. The predicted octanol–water partition coefficient (Wildman–Crippen LogP) is 5.19. The molecule has 0 radical (unpaired) electrons. The van der Waals surface area contributed by atoms with Crippen LogP contribution in [-0.4, -0.2) is 138 Å². The van der Waals surface area contributed by atoms with E-state index in [2.05, 4.69) is 58.8 Å². The number of hydrogen-bond acceptors (Lipinski definition) is 13. The van der Waals surface area contributed by atoms with Gasteiger partial charge in [-0.15, -0.1) is 0 Å². The molecule has 2 saturated heterocycles. The Morgan fingerprint density at radius 2 is 1.43 bits per heavy atom. The molecule has 2 aromatic carbocycles. The summed E-state index contributed by atoms with van der Waals surface area (Å²) in [7, 11) is -3.37. The zero-order chi connectivity index (χ0) is 43.6. The zero-order valence-corrected chi connectivity index (χ0v) is 38.7. The Kier molecular flexibility index (Phi) is 15.0. The molecule has 2 fully saturated rings. The topological polar surface area (TPSA) is 190 Å². The molecule has 6 N–H and O–H groups in total. The molecular weight excluding hydrogens is 824 g/mol. The lowest BCUT2D eigenvalue weighted by atomic mass is 10.0. The highest BCUT2D eigenvalue weighted by Gasteiger charge is 2.52. The summed E-state index contributed by atoms with van der Waals surface area (Å²) in [6.07, 6.45) is -7.23. The number of halogens is 1. The molecule has 330 valence electrons. The fourth-order valence-electron chi connectivity index (χ4n) is 6.96. The second-order valence-corrected chi connectivity index (χ2v) is 29.5. The Bertz CT molecular complexity index is 2030. The Morgan fingerprint density at radius 1 is 0.850 bits per heavy atom. The predicted molar refractivity (Wildman–Crippen MR) is 236 cm³/mol. The molecule has 0 aliphatic carbocycles. The van der Waals surface area contributed by atoms with Crippen LogP contribution >= 0.6 is 11.6 Å². The highest BCUT2D eigenvalue weighted by Crippen LogP contribution is 2.41. The molecule has 6 rings (SSSR count). The monoisotopic (exact) mass is 886 g/mol. The number of benzene rings is 2. The van der Waals surface area contributed by atoms with Crippen LogP contribution in [-0.2, 0) is 31.9 Å².